The Kier molecular flexibility index (Phi) is 3.90. The molecule has 1 fully saturated rings. The summed E-state index contributed by atoms with van der Waals surface area (Å²) in [4.78, 5) is 13.7. The average Bonchev–Trinajstić information content (AvgIpc) is 2.28. The molecule has 2 N–H and O–H groups in total. The van der Waals surface area contributed by atoms with Gasteiger partial charge in [-0.1, -0.05) is 0 Å². The molecular formula is C10H17N5OS. The molecule has 17 heavy (non-hydrogen) atoms. The Labute approximate surface area is 105 Å². The first-order chi connectivity index (χ1) is 8.15. The molecule has 0 unspecified atom stereocenters. The Hall–Kier alpha value is -1.21. The van der Waals surface area contributed by atoms with Crippen molar-refractivity contribution in [1.29, 1.82) is 0 Å². The van der Waals surface area contributed by atoms with Crippen LogP contribution in [-0.2, 0) is 4.74 Å². The monoisotopic (exact) mass is 255 g/mol. The molecule has 0 spiro atoms. The van der Waals surface area contributed by atoms with Gasteiger partial charge in [0.25, 0.3) is 0 Å². The van der Waals surface area contributed by atoms with Crippen molar-refractivity contribution in [3.05, 3.63) is 4.77 Å². The minimum Gasteiger partial charge on any atom is -0.378 e. The maximum atomic E-state index is 5.31. The van der Waals surface area contributed by atoms with Crippen LogP contribution in [0.15, 0.2) is 0 Å². The van der Waals surface area contributed by atoms with Crippen molar-refractivity contribution in [2.45, 2.75) is 19.9 Å². The number of rotatable bonds is 3. The van der Waals surface area contributed by atoms with Gasteiger partial charge in [0, 0.05) is 19.1 Å². The third-order valence-electron chi connectivity index (χ3n) is 2.38. The molecule has 1 aliphatic rings. The number of aromatic amines is 1. The van der Waals surface area contributed by atoms with Crippen LogP contribution in [0.1, 0.15) is 13.8 Å². The van der Waals surface area contributed by atoms with Crippen LogP contribution in [0.5, 0.6) is 0 Å². The van der Waals surface area contributed by atoms with E-state index in [-0.39, 0.29) is 0 Å². The molecule has 7 heteroatoms. The fourth-order valence-electron chi connectivity index (χ4n) is 1.64. The Bertz CT molecular complexity index is 427. The van der Waals surface area contributed by atoms with Crippen molar-refractivity contribution >= 4 is 24.1 Å². The number of aromatic nitrogens is 3. The van der Waals surface area contributed by atoms with Crippen molar-refractivity contribution in [3.63, 3.8) is 0 Å². The summed E-state index contributed by atoms with van der Waals surface area (Å²) in [6, 6.07) is 0.299. The lowest BCUT2D eigenvalue weighted by Crippen LogP contribution is -2.37. The van der Waals surface area contributed by atoms with E-state index in [9.17, 15) is 0 Å². The van der Waals surface area contributed by atoms with E-state index in [0.717, 1.165) is 32.3 Å². The number of hydrogen-bond donors (Lipinski definition) is 2. The Balaban J connectivity index is 2.21. The number of H-pyrrole nitrogens is 1. The topological polar surface area (TPSA) is 66.1 Å². The number of hydrogen-bond acceptors (Lipinski definition) is 6. The summed E-state index contributed by atoms with van der Waals surface area (Å²) >= 11 is 5.07. The highest BCUT2D eigenvalue weighted by Gasteiger charge is 2.14. The highest BCUT2D eigenvalue weighted by Crippen LogP contribution is 2.11. The molecule has 0 atom stereocenters. The second kappa shape index (κ2) is 5.42. The Morgan fingerprint density at radius 3 is 2.71 bits per heavy atom. The summed E-state index contributed by atoms with van der Waals surface area (Å²) in [6.07, 6.45) is 0. The predicted molar refractivity (Wildman–Crippen MR) is 69.0 cm³/mol. The first-order valence-corrected chi connectivity index (χ1v) is 6.13. The van der Waals surface area contributed by atoms with Gasteiger partial charge in [-0.05, 0) is 26.1 Å². The molecule has 2 heterocycles. The average molecular weight is 255 g/mol. The molecule has 1 saturated heterocycles. The summed E-state index contributed by atoms with van der Waals surface area (Å²) in [5.41, 5.74) is 0. The van der Waals surface area contributed by atoms with Crippen molar-refractivity contribution in [3.8, 4) is 0 Å². The molecule has 6 nitrogen and oxygen atoms in total. The van der Waals surface area contributed by atoms with Crippen LogP contribution in [0.25, 0.3) is 0 Å². The van der Waals surface area contributed by atoms with Gasteiger partial charge in [-0.3, -0.25) is 4.98 Å². The van der Waals surface area contributed by atoms with Crippen LogP contribution in [-0.4, -0.2) is 47.3 Å². The second-order valence-corrected chi connectivity index (χ2v) is 4.57. The van der Waals surface area contributed by atoms with Gasteiger partial charge in [-0.15, -0.1) is 0 Å². The minimum atomic E-state index is 0.299. The predicted octanol–water partition coefficient (Wildman–Crippen LogP) is 1.19. The van der Waals surface area contributed by atoms with Crippen LogP contribution in [0, 0.1) is 4.77 Å². The van der Waals surface area contributed by atoms with E-state index >= 15 is 0 Å². The van der Waals surface area contributed by atoms with Crippen molar-refractivity contribution < 1.29 is 4.74 Å². The van der Waals surface area contributed by atoms with Gasteiger partial charge in [0.1, 0.15) is 0 Å². The highest BCUT2D eigenvalue weighted by molar-refractivity contribution is 7.71. The third-order valence-corrected chi connectivity index (χ3v) is 2.56. The zero-order valence-electron chi connectivity index (χ0n) is 10.1. The molecule has 0 aliphatic carbocycles. The third kappa shape index (κ3) is 3.37. The lowest BCUT2D eigenvalue weighted by atomic mass is 10.4. The van der Waals surface area contributed by atoms with Crippen molar-refractivity contribution in [2.75, 3.05) is 36.5 Å². The van der Waals surface area contributed by atoms with E-state index in [0.29, 0.717) is 16.8 Å². The molecule has 0 aromatic carbocycles. The standard InChI is InChI=1S/C10H17N5OS/c1-7(2)11-8-12-9(14-10(17)13-8)15-3-5-16-6-4-15/h7H,3-6H2,1-2H3,(H2,11,12,13,14,17). The van der Waals surface area contributed by atoms with Gasteiger partial charge in [0.2, 0.25) is 16.7 Å². The van der Waals surface area contributed by atoms with Gasteiger partial charge in [-0.2, -0.15) is 9.97 Å². The molecule has 0 bridgehead atoms. The van der Waals surface area contributed by atoms with Crippen LogP contribution in [0.3, 0.4) is 0 Å². The van der Waals surface area contributed by atoms with Crippen LogP contribution < -0.4 is 10.2 Å². The Morgan fingerprint density at radius 2 is 2.06 bits per heavy atom. The summed E-state index contributed by atoms with van der Waals surface area (Å²) in [5.74, 6) is 1.43. The summed E-state index contributed by atoms with van der Waals surface area (Å²) in [6.45, 7) is 7.18. The van der Waals surface area contributed by atoms with E-state index in [4.69, 9.17) is 17.0 Å². The summed E-state index contributed by atoms with van der Waals surface area (Å²) in [5, 5.41) is 3.19. The zero-order valence-corrected chi connectivity index (χ0v) is 10.9. The fourth-order valence-corrected chi connectivity index (χ4v) is 1.82. The molecule has 0 saturated carbocycles. The molecule has 0 amide bonds. The van der Waals surface area contributed by atoms with Gasteiger partial charge in [-0.25, -0.2) is 0 Å². The summed E-state index contributed by atoms with van der Waals surface area (Å²) in [7, 11) is 0. The molecule has 0 radical (unpaired) electrons. The molecule has 1 aromatic rings. The van der Waals surface area contributed by atoms with E-state index in [1.807, 2.05) is 13.8 Å². The number of anilines is 2. The van der Waals surface area contributed by atoms with E-state index in [2.05, 4.69) is 25.2 Å². The van der Waals surface area contributed by atoms with Crippen LogP contribution >= 0.6 is 12.2 Å². The largest absolute Gasteiger partial charge is 0.378 e. The highest BCUT2D eigenvalue weighted by atomic mass is 32.1. The summed E-state index contributed by atoms with van der Waals surface area (Å²) < 4.78 is 5.66. The molecule has 1 aromatic heterocycles. The number of morpholine rings is 1. The normalized spacial score (nSPS) is 16.3. The zero-order chi connectivity index (χ0) is 12.3. The van der Waals surface area contributed by atoms with Crippen molar-refractivity contribution in [1.82, 2.24) is 15.0 Å². The van der Waals surface area contributed by atoms with E-state index in [1.54, 1.807) is 0 Å². The number of nitrogens with one attached hydrogen (secondary N) is 2. The molecular weight excluding hydrogens is 238 g/mol. The SMILES string of the molecule is CC(C)Nc1nc(=S)nc(N2CCOCC2)[nH]1. The Morgan fingerprint density at radius 1 is 1.35 bits per heavy atom. The molecule has 1 aliphatic heterocycles. The van der Waals surface area contributed by atoms with Gasteiger partial charge >= 0.3 is 0 Å². The second-order valence-electron chi connectivity index (χ2n) is 4.20. The first kappa shape index (κ1) is 12.3. The number of ether oxygens (including phenoxy) is 1. The van der Waals surface area contributed by atoms with Crippen LogP contribution in [0.4, 0.5) is 11.9 Å². The smallest absolute Gasteiger partial charge is 0.225 e. The number of nitrogens with zero attached hydrogens (tertiary/aromatic N) is 3. The lowest BCUT2D eigenvalue weighted by Gasteiger charge is -2.27. The maximum absolute atomic E-state index is 5.31. The van der Waals surface area contributed by atoms with Crippen LogP contribution in [0.2, 0.25) is 0 Å². The van der Waals surface area contributed by atoms with E-state index < -0.39 is 0 Å². The minimum absolute atomic E-state index is 0.299. The van der Waals surface area contributed by atoms with Gasteiger partial charge in [0.05, 0.1) is 13.2 Å². The van der Waals surface area contributed by atoms with Crippen molar-refractivity contribution in [2.24, 2.45) is 0 Å². The quantitative estimate of drug-likeness (QED) is 0.791. The lowest BCUT2D eigenvalue weighted by molar-refractivity contribution is 0.122. The maximum Gasteiger partial charge on any atom is 0.225 e. The molecule has 94 valence electrons. The first-order valence-electron chi connectivity index (χ1n) is 5.73. The van der Waals surface area contributed by atoms with E-state index in [1.165, 1.54) is 0 Å². The fraction of sp³-hybridized carbons (Fsp3) is 0.700. The molecule has 2 rings (SSSR count). The van der Waals surface area contributed by atoms with Gasteiger partial charge < -0.3 is 15.0 Å². The van der Waals surface area contributed by atoms with Gasteiger partial charge in [0.15, 0.2) is 0 Å².